The summed E-state index contributed by atoms with van der Waals surface area (Å²) in [5.41, 5.74) is 10.2. The highest BCUT2D eigenvalue weighted by molar-refractivity contribution is 7.89. The molecule has 1 saturated heterocycles. The molecule has 0 aromatic heterocycles. The second-order valence-corrected chi connectivity index (χ2v) is 11.3. The maximum Gasteiger partial charge on any atom is 0.243 e. The zero-order valence-electron chi connectivity index (χ0n) is 20.1. The molecule has 1 unspecified atom stereocenters. The first-order valence-corrected chi connectivity index (χ1v) is 13.7. The van der Waals surface area contributed by atoms with Gasteiger partial charge in [0.05, 0.1) is 17.4 Å². The summed E-state index contributed by atoms with van der Waals surface area (Å²) in [7, 11) is -3.92. The van der Waals surface area contributed by atoms with E-state index in [9.17, 15) is 18.0 Å². The average Bonchev–Trinajstić information content (AvgIpc) is 2.84. The topological polar surface area (TPSA) is 122 Å². The van der Waals surface area contributed by atoms with E-state index in [1.807, 2.05) is 6.92 Å². The van der Waals surface area contributed by atoms with Gasteiger partial charge in [0.2, 0.25) is 21.8 Å². The monoisotopic (exact) mass is 498 g/mol. The SMILES string of the molecule is Cc1ccc(S(=O)(=O)N2CCNC(=O)C2CC(=O)N[C@@H]2CCCc3cc(CCCN)ccc32)cc1. The Morgan fingerprint density at radius 3 is 2.71 bits per heavy atom. The molecule has 2 aliphatic rings. The van der Waals surface area contributed by atoms with Crippen molar-refractivity contribution in [2.24, 2.45) is 5.73 Å². The van der Waals surface area contributed by atoms with Crippen molar-refractivity contribution in [3.05, 3.63) is 64.7 Å². The molecule has 4 N–H and O–H groups in total. The number of fused-ring (bicyclic) bond motifs is 1. The van der Waals surface area contributed by atoms with Gasteiger partial charge in [-0.05, 0) is 74.4 Å². The van der Waals surface area contributed by atoms with E-state index in [2.05, 4.69) is 28.8 Å². The van der Waals surface area contributed by atoms with E-state index >= 15 is 0 Å². The molecule has 0 bridgehead atoms. The predicted octanol–water partition coefficient (Wildman–Crippen LogP) is 1.96. The number of amides is 2. The third-order valence-electron chi connectivity index (χ3n) is 6.81. The van der Waals surface area contributed by atoms with Gasteiger partial charge in [0, 0.05) is 13.1 Å². The lowest BCUT2D eigenvalue weighted by Gasteiger charge is -2.34. The van der Waals surface area contributed by atoms with Gasteiger partial charge in [-0.15, -0.1) is 0 Å². The van der Waals surface area contributed by atoms with Crippen molar-refractivity contribution < 1.29 is 18.0 Å². The number of carbonyl (C=O) groups is 2. The fraction of sp³-hybridized carbons (Fsp3) is 0.462. The van der Waals surface area contributed by atoms with E-state index in [1.165, 1.54) is 23.3 Å². The summed E-state index contributed by atoms with van der Waals surface area (Å²) < 4.78 is 27.8. The quantitative estimate of drug-likeness (QED) is 0.514. The van der Waals surface area contributed by atoms with Crippen LogP contribution in [-0.4, -0.2) is 50.2 Å². The number of hydrogen-bond acceptors (Lipinski definition) is 5. The Bertz CT molecular complexity index is 1180. The number of nitrogens with one attached hydrogen (secondary N) is 2. The number of sulfonamides is 1. The summed E-state index contributed by atoms with van der Waals surface area (Å²) in [6.45, 7) is 2.87. The van der Waals surface area contributed by atoms with Crippen LogP contribution in [0.2, 0.25) is 0 Å². The molecule has 0 spiro atoms. The average molecular weight is 499 g/mol. The number of carbonyl (C=O) groups excluding carboxylic acids is 2. The number of nitrogens with zero attached hydrogens (tertiary/aromatic N) is 1. The molecule has 35 heavy (non-hydrogen) atoms. The second-order valence-electron chi connectivity index (χ2n) is 9.38. The van der Waals surface area contributed by atoms with Crippen LogP contribution in [0.4, 0.5) is 0 Å². The zero-order chi connectivity index (χ0) is 25.0. The first kappa shape index (κ1) is 25.3. The molecular weight excluding hydrogens is 464 g/mol. The summed E-state index contributed by atoms with van der Waals surface area (Å²) in [5, 5.41) is 5.77. The molecule has 2 aromatic carbocycles. The molecule has 0 saturated carbocycles. The number of benzene rings is 2. The van der Waals surface area contributed by atoms with E-state index in [0.717, 1.165) is 47.5 Å². The normalized spacial score (nSPS) is 20.7. The largest absolute Gasteiger partial charge is 0.353 e. The van der Waals surface area contributed by atoms with Gasteiger partial charge in [0.25, 0.3) is 0 Å². The van der Waals surface area contributed by atoms with Crippen molar-refractivity contribution >= 4 is 21.8 Å². The molecule has 2 aromatic rings. The summed E-state index contributed by atoms with van der Waals surface area (Å²) in [6, 6.07) is 11.6. The fourth-order valence-electron chi connectivity index (χ4n) is 4.93. The maximum absolute atomic E-state index is 13.3. The number of aryl methyl sites for hydroxylation is 3. The minimum absolute atomic E-state index is 0.120. The molecule has 1 aliphatic carbocycles. The molecule has 188 valence electrons. The zero-order valence-corrected chi connectivity index (χ0v) is 20.9. The van der Waals surface area contributed by atoms with Crippen molar-refractivity contribution in [1.29, 1.82) is 0 Å². The molecule has 2 atom stereocenters. The second kappa shape index (κ2) is 10.9. The fourth-order valence-corrected chi connectivity index (χ4v) is 6.52. The van der Waals surface area contributed by atoms with Crippen LogP contribution in [0.15, 0.2) is 47.4 Å². The van der Waals surface area contributed by atoms with Gasteiger partial charge in [0.1, 0.15) is 6.04 Å². The molecule has 1 heterocycles. The van der Waals surface area contributed by atoms with Crippen molar-refractivity contribution in [2.75, 3.05) is 19.6 Å². The Balaban J connectivity index is 1.48. The third-order valence-corrected chi connectivity index (χ3v) is 8.74. The molecule has 1 aliphatic heterocycles. The van der Waals surface area contributed by atoms with Gasteiger partial charge in [-0.3, -0.25) is 9.59 Å². The molecule has 9 heteroatoms. The van der Waals surface area contributed by atoms with Crippen molar-refractivity contribution in [3.63, 3.8) is 0 Å². The predicted molar refractivity (Wildman–Crippen MR) is 134 cm³/mol. The Morgan fingerprint density at radius 1 is 1.20 bits per heavy atom. The van der Waals surface area contributed by atoms with Crippen LogP contribution >= 0.6 is 0 Å². The van der Waals surface area contributed by atoms with Crippen LogP contribution in [0.3, 0.4) is 0 Å². The number of rotatable bonds is 8. The van der Waals surface area contributed by atoms with Gasteiger partial charge in [-0.2, -0.15) is 4.31 Å². The minimum Gasteiger partial charge on any atom is -0.353 e. The van der Waals surface area contributed by atoms with Gasteiger partial charge < -0.3 is 16.4 Å². The first-order chi connectivity index (χ1) is 16.8. The Morgan fingerprint density at radius 2 is 1.97 bits per heavy atom. The number of hydrogen-bond donors (Lipinski definition) is 3. The van der Waals surface area contributed by atoms with Crippen LogP contribution in [0.5, 0.6) is 0 Å². The third kappa shape index (κ3) is 5.74. The van der Waals surface area contributed by atoms with E-state index in [1.54, 1.807) is 12.1 Å². The van der Waals surface area contributed by atoms with Crippen molar-refractivity contribution in [3.8, 4) is 0 Å². The molecule has 2 amide bonds. The lowest BCUT2D eigenvalue weighted by atomic mass is 9.86. The first-order valence-electron chi connectivity index (χ1n) is 12.3. The van der Waals surface area contributed by atoms with Gasteiger partial charge in [0.15, 0.2) is 0 Å². The van der Waals surface area contributed by atoms with E-state index in [-0.39, 0.29) is 36.4 Å². The molecule has 1 fully saturated rings. The summed E-state index contributed by atoms with van der Waals surface area (Å²) >= 11 is 0. The van der Waals surface area contributed by atoms with Crippen molar-refractivity contribution in [2.45, 2.75) is 62.4 Å². The van der Waals surface area contributed by atoms with E-state index in [4.69, 9.17) is 5.73 Å². The maximum atomic E-state index is 13.3. The highest BCUT2D eigenvalue weighted by Crippen LogP contribution is 2.31. The lowest BCUT2D eigenvalue weighted by Crippen LogP contribution is -2.58. The summed E-state index contributed by atoms with van der Waals surface area (Å²) in [5.74, 6) is -0.781. The van der Waals surface area contributed by atoms with Crippen LogP contribution in [0.1, 0.15) is 54.0 Å². The van der Waals surface area contributed by atoms with Crippen LogP contribution in [-0.2, 0) is 32.5 Å². The Hall–Kier alpha value is -2.75. The molecular formula is C26H34N4O4S. The highest BCUT2D eigenvalue weighted by atomic mass is 32.2. The van der Waals surface area contributed by atoms with Gasteiger partial charge in [-0.25, -0.2) is 8.42 Å². The molecule has 4 rings (SSSR count). The number of nitrogens with two attached hydrogens (primary N) is 1. The van der Waals surface area contributed by atoms with E-state index < -0.39 is 22.0 Å². The lowest BCUT2D eigenvalue weighted by molar-refractivity contribution is -0.132. The summed E-state index contributed by atoms with van der Waals surface area (Å²) in [4.78, 5) is 25.9. The van der Waals surface area contributed by atoms with Crippen LogP contribution < -0.4 is 16.4 Å². The smallest absolute Gasteiger partial charge is 0.243 e. The van der Waals surface area contributed by atoms with Gasteiger partial charge >= 0.3 is 0 Å². The van der Waals surface area contributed by atoms with Crippen LogP contribution in [0.25, 0.3) is 0 Å². The number of piperazine rings is 1. The Kier molecular flexibility index (Phi) is 7.88. The van der Waals surface area contributed by atoms with Crippen LogP contribution in [0, 0.1) is 6.92 Å². The highest BCUT2D eigenvalue weighted by Gasteiger charge is 2.40. The minimum atomic E-state index is -3.92. The van der Waals surface area contributed by atoms with Gasteiger partial charge in [-0.1, -0.05) is 35.9 Å². The standard InChI is InChI=1S/C26H34N4O4S/c1-18-7-10-21(11-8-18)35(33,34)30-15-14-28-26(32)24(30)17-25(31)29-23-6-2-5-20-16-19(4-3-13-27)9-12-22(20)23/h7-12,16,23-24H,2-6,13-15,17,27H2,1H3,(H,28,32)(H,29,31)/t23-,24?/m1/s1. The summed E-state index contributed by atoms with van der Waals surface area (Å²) in [6.07, 6.45) is 4.37. The Labute approximate surface area is 207 Å². The molecule has 8 nitrogen and oxygen atoms in total. The van der Waals surface area contributed by atoms with E-state index in [0.29, 0.717) is 6.54 Å². The van der Waals surface area contributed by atoms with Crippen molar-refractivity contribution in [1.82, 2.24) is 14.9 Å². The molecule has 0 radical (unpaired) electrons.